The normalized spacial score (nSPS) is 29.5. The van der Waals surface area contributed by atoms with Crippen LogP contribution < -0.4 is 0 Å². The fourth-order valence-corrected chi connectivity index (χ4v) is 5.99. The fourth-order valence-electron chi connectivity index (χ4n) is 3.33. The number of benzene rings is 1. The molecule has 0 radical (unpaired) electrons. The quantitative estimate of drug-likeness (QED) is 0.818. The van der Waals surface area contributed by atoms with Crippen LogP contribution in [0.1, 0.15) is 5.56 Å². The second-order valence-electron chi connectivity index (χ2n) is 5.94. The zero-order chi connectivity index (χ0) is 15.2. The van der Waals surface area contributed by atoms with Gasteiger partial charge in [0.15, 0.2) is 9.84 Å². The summed E-state index contributed by atoms with van der Waals surface area (Å²) >= 11 is 12.1. The van der Waals surface area contributed by atoms with E-state index in [1.807, 2.05) is 19.2 Å². The molecule has 0 aliphatic carbocycles. The van der Waals surface area contributed by atoms with E-state index < -0.39 is 9.84 Å². The number of likely N-dealkylation sites (N-methyl/N-ethyl adjacent to an activating group) is 1. The van der Waals surface area contributed by atoms with Crippen molar-refractivity contribution in [3.05, 3.63) is 33.8 Å². The largest absolute Gasteiger partial charge is 0.300 e. The Labute approximate surface area is 135 Å². The first-order valence-corrected chi connectivity index (χ1v) is 9.51. The van der Waals surface area contributed by atoms with Crippen molar-refractivity contribution in [2.45, 2.75) is 18.6 Å². The van der Waals surface area contributed by atoms with Crippen molar-refractivity contribution in [2.75, 3.05) is 31.6 Å². The molecule has 116 valence electrons. The Hall–Kier alpha value is -0.330. The van der Waals surface area contributed by atoms with Crippen LogP contribution in [-0.2, 0) is 16.4 Å². The summed E-state index contributed by atoms with van der Waals surface area (Å²) in [6.45, 7) is 2.42. The van der Waals surface area contributed by atoms with E-state index in [-0.39, 0.29) is 23.6 Å². The molecular weight excluding hydrogens is 331 g/mol. The molecule has 0 bridgehead atoms. The first-order valence-electron chi connectivity index (χ1n) is 6.94. The van der Waals surface area contributed by atoms with E-state index in [4.69, 9.17) is 23.2 Å². The Morgan fingerprint density at radius 3 is 2.38 bits per heavy atom. The van der Waals surface area contributed by atoms with Crippen LogP contribution in [0.15, 0.2) is 18.2 Å². The summed E-state index contributed by atoms with van der Waals surface area (Å²) in [5.41, 5.74) is 1.03. The smallest absolute Gasteiger partial charge is 0.153 e. The Kier molecular flexibility index (Phi) is 4.23. The van der Waals surface area contributed by atoms with Gasteiger partial charge < -0.3 is 0 Å². The van der Waals surface area contributed by atoms with Crippen molar-refractivity contribution in [3.63, 3.8) is 0 Å². The SMILES string of the molecule is CN1CCN(Cc2cc(Cl)cc(Cl)c2)[C@H]2CS(=O)(=O)C[C@H]21. The highest BCUT2D eigenvalue weighted by Gasteiger charge is 2.45. The summed E-state index contributed by atoms with van der Waals surface area (Å²) in [5.74, 6) is 0.511. The minimum Gasteiger partial charge on any atom is -0.300 e. The van der Waals surface area contributed by atoms with Crippen molar-refractivity contribution in [1.82, 2.24) is 9.80 Å². The molecule has 3 rings (SSSR count). The van der Waals surface area contributed by atoms with E-state index in [2.05, 4.69) is 9.80 Å². The molecular formula is C14H18Cl2N2O2S. The molecule has 21 heavy (non-hydrogen) atoms. The molecule has 2 atom stereocenters. The number of nitrogens with zero attached hydrogens (tertiary/aromatic N) is 2. The zero-order valence-corrected chi connectivity index (χ0v) is 14.1. The number of halogens is 2. The van der Waals surface area contributed by atoms with Gasteiger partial charge in [0, 0.05) is 41.8 Å². The van der Waals surface area contributed by atoms with E-state index >= 15 is 0 Å². The first kappa shape index (κ1) is 15.6. The van der Waals surface area contributed by atoms with Crippen molar-refractivity contribution in [1.29, 1.82) is 0 Å². The van der Waals surface area contributed by atoms with E-state index in [0.29, 0.717) is 16.6 Å². The van der Waals surface area contributed by atoms with Crippen LogP contribution >= 0.6 is 23.2 Å². The molecule has 0 spiro atoms. The number of piperazine rings is 1. The molecule has 4 nitrogen and oxygen atoms in total. The number of hydrogen-bond donors (Lipinski definition) is 0. The third kappa shape index (κ3) is 3.37. The molecule has 2 aliphatic heterocycles. The predicted molar refractivity (Wildman–Crippen MR) is 85.7 cm³/mol. The molecule has 7 heteroatoms. The molecule has 0 saturated carbocycles. The summed E-state index contributed by atoms with van der Waals surface area (Å²) < 4.78 is 23.9. The maximum absolute atomic E-state index is 12.0. The molecule has 0 unspecified atom stereocenters. The minimum absolute atomic E-state index is 0.0616. The van der Waals surface area contributed by atoms with Crippen LogP contribution in [-0.4, -0.2) is 61.9 Å². The molecule has 2 fully saturated rings. The lowest BCUT2D eigenvalue weighted by Gasteiger charge is -2.42. The molecule has 2 saturated heterocycles. The van der Waals surface area contributed by atoms with Gasteiger partial charge in [-0.3, -0.25) is 9.80 Å². The van der Waals surface area contributed by atoms with Crippen molar-refractivity contribution in [2.24, 2.45) is 0 Å². The third-order valence-corrected chi connectivity index (χ3v) is 6.51. The average Bonchev–Trinajstić information content (AvgIpc) is 2.68. The van der Waals surface area contributed by atoms with Gasteiger partial charge in [-0.1, -0.05) is 23.2 Å². The standard InChI is InChI=1S/C14H18Cl2N2O2S/c1-17-2-3-18(14-9-21(19,20)8-13(14)17)7-10-4-11(15)6-12(16)5-10/h4-6,13-14H,2-3,7-9H2,1H3/t13-,14+/m1/s1. The van der Waals surface area contributed by atoms with Crippen LogP contribution in [0.4, 0.5) is 0 Å². The van der Waals surface area contributed by atoms with E-state index in [0.717, 1.165) is 18.7 Å². The van der Waals surface area contributed by atoms with Gasteiger partial charge in [-0.25, -0.2) is 8.42 Å². The monoisotopic (exact) mass is 348 g/mol. The molecule has 1 aromatic carbocycles. The Morgan fingerprint density at radius 1 is 1.10 bits per heavy atom. The summed E-state index contributed by atoms with van der Waals surface area (Å²) in [4.78, 5) is 4.41. The lowest BCUT2D eigenvalue weighted by molar-refractivity contribution is 0.0573. The Morgan fingerprint density at radius 2 is 1.71 bits per heavy atom. The Balaban J connectivity index is 1.82. The molecule has 0 aromatic heterocycles. The van der Waals surface area contributed by atoms with Gasteiger partial charge in [-0.2, -0.15) is 0 Å². The summed E-state index contributed by atoms with van der Waals surface area (Å²) in [6.07, 6.45) is 0. The third-order valence-electron chi connectivity index (χ3n) is 4.38. The van der Waals surface area contributed by atoms with Crippen LogP contribution in [0.2, 0.25) is 10.0 Å². The van der Waals surface area contributed by atoms with Crippen molar-refractivity contribution >= 4 is 33.0 Å². The second-order valence-corrected chi connectivity index (χ2v) is 8.97. The molecule has 1 aromatic rings. The average molecular weight is 349 g/mol. The number of sulfone groups is 1. The molecule has 2 heterocycles. The van der Waals surface area contributed by atoms with E-state index in [9.17, 15) is 8.42 Å². The van der Waals surface area contributed by atoms with Crippen LogP contribution in [0.5, 0.6) is 0 Å². The summed E-state index contributed by atoms with van der Waals surface area (Å²) in [6, 6.07) is 5.65. The highest BCUT2D eigenvalue weighted by molar-refractivity contribution is 7.91. The topological polar surface area (TPSA) is 40.6 Å². The van der Waals surface area contributed by atoms with E-state index in [1.54, 1.807) is 6.07 Å². The lowest BCUT2D eigenvalue weighted by Crippen LogP contribution is -2.57. The van der Waals surface area contributed by atoms with Gasteiger partial charge in [0.25, 0.3) is 0 Å². The number of rotatable bonds is 2. The number of fused-ring (bicyclic) bond motifs is 1. The number of hydrogen-bond acceptors (Lipinski definition) is 4. The maximum Gasteiger partial charge on any atom is 0.153 e. The van der Waals surface area contributed by atoms with Crippen molar-refractivity contribution < 1.29 is 8.42 Å². The van der Waals surface area contributed by atoms with Crippen LogP contribution in [0.3, 0.4) is 0 Å². The first-order chi connectivity index (χ1) is 9.84. The second kappa shape index (κ2) is 5.70. The fraction of sp³-hybridized carbons (Fsp3) is 0.571. The van der Waals surface area contributed by atoms with Gasteiger partial charge in [-0.15, -0.1) is 0 Å². The van der Waals surface area contributed by atoms with Crippen LogP contribution in [0.25, 0.3) is 0 Å². The van der Waals surface area contributed by atoms with Gasteiger partial charge in [0.2, 0.25) is 0 Å². The van der Waals surface area contributed by atoms with E-state index in [1.165, 1.54) is 0 Å². The van der Waals surface area contributed by atoms with Gasteiger partial charge >= 0.3 is 0 Å². The predicted octanol–water partition coefficient (Wildman–Crippen LogP) is 1.91. The van der Waals surface area contributed by atoms with Gasteiger partial charge in [0.05, 0.1) is 11.5 Å². The Bertz CT molecular complexity index is 630. The highest BCUT2D eigenvalue weighted by Crippen LogP contribution is 2.28. The minimum atomic E-state index is -2.94. The molecule has 0 amide bonds. The molecule has 2 aliphatic rings. The maximum atomic E-state index is 12.0. The van der Waals surface area contributed by atoms with Crippen LogP contribution in [0, 0.1) is 0 Å². The highest BCUT2D eigenvalue weighted by atomic mass is 35.5. The zero-order valence-electron chi connectivity index (χ0n) is 11.8. The van der Waals surface area contributed by atoms with Gasteiger partial charge in [-0.05, 0) is 30.8 Å². The summed E-state index contributed by atoms with van der Waals surface area (Å²) in [7, 11) is -0.933. The lowest BCUT2D eigenvalue weighted by atomic mass is 10.0. The summed E-state index contributed by atoms with van der Waals surface area (Å²) in [5, 5.41) is 1.23. The van der Waals surface area contributed by atoms with Gasteiger partial charge in [0.1, 0.15) is 0 Å². The van der Waals surface area contributed by atoms with Crippen molar-refractivity contribution in [3.8, 4) is 0 Å². The molecule has 0 N–H and O–H groups in total.